The SMILES string of the molecule is CCN(CC)S(=O)(=O)c1ccc(F)c(C(=O)N2CCC(NC(=O)c3ccccc3)CC2)c1. The normalized spacial score (nSPS) is 15.1. The van der Waals surface area contributed by atoms with Gasteiger partial charge in [0.25, 0.3) is 11.8 Å². The van der Waals surface area contributed by atoms with Gasteiger partial charge in [0.15, 0.2) is 0 Å². The number of amides is 2. The van der Waals surface area contributed by atoms with E-state index in [2.05, 4.69) is 5.32 Å². The Kier molecular flexibility index (Phi) is 7.63. The topological polar surface area (TPSA) is 86.8 Å². The number of carbonyl (C=O) groups is 2. The lowest BCUT2D eigenvalue weighted by Crippen LogP contribution is -2.46. The monoisotopic (exact) mass is 461 g/mol. The van der Waals surface area contributed by atoms with E-state index in [0.29, 0.717) is 31.5 Å². The number of halogens is 1. The number of nitrogens with zero attached hydrogens (tertiary/aromatic N) is 2. The molecule has 2 amide bonds. The molecule has 172 valence electrons. The number of nitrogens with one attached hydrogen (secondary N) is 1. The molecule has 0 aliphatic carbocycles. The summed E-state index contributed by atoms with van der Waals surface area (Å²) in [6.45, 7) is 4.67. The first-order valence-corrected chi connectivity index (χ1v) is 12.2. The molecule has 1 N–H and O–H groups in total. The quantitative estimate of drug-likeness (QED) is 0.687. The summed E-state index contributed by atoms with van der Waals surface area (Å²) in [6, 6.07) is 12.1. The number of likely N-dealkylation sites (tertiary alicyclic amines) is 1. The van der Waals surface area contributed by atoms with Gasteiger partial charge in [-0.2, -0.15) is 4.31 Å². The molecule has 0 saturated carbocycles. The van der Waals surface area contributed by atoms with Gasteiger partial charge in [0, 0.05) is 37.8 Å². The molecule has 9 heteroatoms. The smallest absolute Gasteiger partial charge is 0.256 e. The summed E-state index contributed by atoms with van der Waals surface area (Å²) in [5.41, 5.74) is 0.310. The zero-order valence-corrected chi connectivity index (χ0v) is 19.1. The first-order chi connectivity index (χ1) is 15.3. The van der Waals surface area contributed by atoms with Crippen molar-refractivity contribution in [3.05, 3.63) is 65.5 Å². The van der Waals surface area contributed by atoms with E-state index < -0.39 is 21.7 Å². The van der Waals surface area contributed by atoms with Crippen LogP contribution in [-0.2, 0) is 10.0 Å². The van der Waals surface area contributed by atoms with Gasteiger partial charge in [0.05, 0.1) is 10.5 Å². The fourth-order valence-corrected chi connectivity index (χ4v) is 5.28. The molecule has 0 spiro atoms. The van der Waals surface area contributed by atoms with Crippen LogP contribution in [0.1, 0.15) is 47.4 Å². The summed E-state index contributed by atoms with van der Waals surface area (Å²) in [7, 11) is -3.80. The van der Waals surface area contributed by atoms with Crippen LogP contribution < -0.4 is 5.32 Å². The molecule has 7 nitrogen and oxygen atoms in total. The lowest BCUT2D eigenvalue weighted by atomic mass is 10.0. The molecule has 3 rings (SSSR count). The minimum Gasteiger partial charge on any atom is -0.349 e. The molecule has 2 aromatic rings. The Hall–Kier alpha value is -2.78. The van der Waals surface area contributed by atoms with Crippen LogP contribution in [0.4, 0.5) is 4.39 Å². The molecule has 1 heterocycles. The van der Waals surface area contributed by atoms with Crippen LogP contribution in [0.15, 0.2) is 53.4 Å². The number of sulfonamides is 1. The Bertz CT molecular complexity index is 1060. The third kappa shape index (κ3) is 5.16. The van der Waals surface area contributed by atoms with Crippen LogP contribution >= 0.6 is 0 Å². The highest BCUT2D eigenvalue weighted by Crippen LogP contribution is 2.22. The van der Waals surface area contributed by atoms with Gasteiger partial charge in [-0.15, -0.1) is 0 Å². The predicted octanol–water partition coefficient (Wildman–Crippen LogP) is 2.89. The summed E-state index contributed by atoms with van der Waals surface area (Å²) in [5.74, 6) is -1.48. The van der Waals surface area contributed by atoms with Crippen molar-refractivity contribution in [1.82, 2.24) is 14.5 Å². The van der Waals surface area contributed by atoms with E-state index in [1.165, 1.54) is 15.3 Å². The zero-order valence-electron chi connectivity index (χ0n) is 18.3. The second kappa shape index (κ2) is 10.2. The summed E-state index contributed by atoms with van der Waals surface area (Å²) < 4.78 is 41.2. The van der Waals surface area contributed by atoms with E-state index in [1.807, 2.05) is 6.07 Å². The largest absolute Gasteiger partial charge is 0.349 e. The number of piperidine rings is 1. The lowest BCUT2D eigenvalue weighted by Gasteiger charge is -2.32. The third-order valence-electron chi connectivity index (χ3n) is 5.66. The van der Waals surface area contributed by atoms with Gasteiger partial charge in [-0.05, 0) is 43.2 Å². The van der Waals surface area contributed by atoms with E-state index in [-0.39, 0.29) is 35.5 Å². The molecule has 0 radical (unpaired) electrons. The molecule has 2 aromatic carbocycles. The van der Waals surface area contributed by atoms with Crippen molar-refractivity contribution in [3.8, 4) is 0 Å². The Labute approximate surface area is 188 Å². The number of benzene rings is 2. The average molecular weight is 462 g/mol. The van der Waals surface area contributed by atoms with Gasteiger partial charge < -0.3 is 10.2 Å². The van der Waals surface area contributed by atoms with E-state index in [4.69, 9.17) is 0 Å². The van der Waals surface area contributed by atoms with Gasteiger partial charge in [-0.3, -0.25) is 9.59 Å². The maximum atomic E-state index is 14.5. The summed E-state index contributed by atoms with van der Waals surface area (Å²) >= 11 is 0. The van der Waals surface area contributed by atoms with Crippen molar-refractivity contribution in [2.75, 3.05) is 26.2 Å². The average Bonchev–Trinajstić information content (AvgIpc) is 2.80. The van der Waals surface area contributed by atoms with E-state index in [1.54, 1.807) is 38.1 Å². The molecule has 32 heavy (non-hydrogen) atoms. The summed E-state index contributed by atoms with van der Waals surface area (Å²) in [4.78, 5) is 26.7. The van der Waals surface area contributed by atoms with Crippen LogP contribution in [0, 0.1) is 5.82 Å². The van der Waals surface area contributed by atoms with E-state index >= 15 is 0 Å². The molecule has 1 aliphatic heterocycles. The number of carbonyl (C=O) groups excluding carboxylic acids is 2. The first kappa shape index (κ1) is 23.9. The van der Waals surface area contributed by atoms with Crippen LogP contribution in [-0.4, -0.2) is 61.7 Å². The standard InChI is InChI=1S/C23H28FN3O4S/c1-3-27(4-2)32(30,31)19-10-11-21(24)20(16-19)23(29)26-14-12-18(13-15-26)25-22(28)17-8-6-5-7-9-17/h5-11,16,18H,3-4,12-15H2,1-2H3,(H,25,28). The minimum atomic E-state index is -3.80. The molecule has 0 unspecified atom stereocenters. The van der Waals surface area contributed by atoms with E-state index in [9.17, 15) is 22.4 Å². The van der Waals surface area contributed by atoms with Crippen molar-refractivity contribution in [2.45, 2.75) is 37.6 Å². The van der Waals surface area contributed by atoms with Gasteiger partial charge >= 0.3 is 0 Å². The second-order valence-corrected chi connectivity index (χ2v) is 9.57. The maximum Gasteiger partial charge on any atom is 0.256 e. The highest BCUT2D eigenvalue weighted by Gasteiger charge is 2.29. The van der Waals surface area contributed by atoms with Crippen LogP contribution in [0.3, 0.4) is 0 Å². The van der Waals surface area contributed by atoms with Crippen LogP contribution in [0.2, 0.25) is 0 Å². The van der Waals surface area contributed by atoms with E-state index in [0.717, 1.165) is 12.1 Å². The van der Waals surface area contributed by atoms with Crippen molar-refractivity contribution in [3.63, 3.8) is 0 Å². The number of hydrogen-bond donors (Lipinski definition) is 1. The Morgan fingerprint density at radius 1 is 1.06 bits per heavy atom. The molecular formula is C23H28FN3O4S. The number of rotatable bonds is 7. The fraction of sp³-hybridized carbons (Fsp3) is 0.391. The summed E-state index contributed by atoms with van der Waals surface area (Å²) in [6.07, 6.45) is 1.06. The number of hydrogen-bond acceptors (Lipinski definition) is 4. The van der Waals surface area contributed by atoms with Crippen molar-refractivity contribution < 1.29 is 22.4 Å². The van der Waals surface area contributed by atoms with Gasteiger partial charge in [-0.1, -0.05) is 32.0 Å². The maximum absolute atomic E-state index is 14.5. The molecule has 0 atom stereocenters. The molecule has 1 saturated heterocycles. The zero-order chi connectivity index (χ0) is 23.3. The van der Waals surface area contributed by atoms with Crippen LogP contribution in [0.5, 0.6) is 0 Å². The fourth-order valence-electron chi connectivity index (χ4n) is 3.80. The predicted molar refractivity (Wildman–Crippen MR) is 119 cm³/mol. The highest BCUT2D eigenvalue weighted by atomic mass is 32.2. The lowest BCUT2D eigenvalue weighted by molar-refractivity contribution is 0.0693. The third-order valence-corrected chi connectivity index (χ3v) is 7.71. The molecule has 1 fully saturated rings. The van der Waals surface area contributed by atoms with Crippen molar-refractivity contribution in [1.29, 1.82) is 0 Å². The second-order valence-electron chi connectivity index (χ2n) is 7.64. The van der Waals surface area contributed by atoms with Crippen molar-refractivity contribution >= 4 is 21.8 Å². The Morgan fingerprint density at radius 2 is 1.69 bits per heavy atom. The molecule has 0 aromatic heterocycles. The van der Waals surface area contributed by atoms with Gasteiger partial charge in [0.2, 0.25) is 10.0 Å². The Morgan fingerprint density at radius 3 is 2.28 bits per heavy atom. The van der Waals surface area contributed by atoms with Crippen LogP contribution in [0.25, 0.3) is 0 Å². The van der Waals surface area contributed by atoms with Gasteiger partial charge in [-0.25, -0.2) is 12.8 Å². The highest BCUT2D eigenvalue weighted by molar-refractivity contribution is 7.89. The van der Waals surface area contributed by atoms with Crippen molar-refractivity contribution in [2.24, 2.45) is 0 Å². The molecular weight excluding hydrogens is 433 g/mol. The first-order valence-electron chi connectivity index (χ1n) is 10.7. The Balaban J connectivity index is 1.68. The summed E-state index contributed by atoms with van der Waals surface area (Å²) in [5, 5.41) is 2.96. The minimum absolute atomic E-state index is 0.0917. The van der Waals surface area contributed by atoms with Gasteiger partial charge in [0.1, 0.15) is 5.82 Å². The molecule has 1 aliphatic rings. The molecule has 0 bridgehead atoms.